The lowest BCUT2D eigenvalue weighted by Gasteiger charge is -2.32. The van der Waals surface area contributed by atoms with Gasteiger partial charge in [0.1, 0.15) is 6.04 Å². The van der Waals surface area contributed by atoms with Crippen LogP contribution in [0, 0.1) is 0 Å². The Morgan fingerprint density at radius 1 is 1.40 bits per heavy atom. The zero-order chi connectivity index (χ0) is 14.4. The normalized spacial score (nSPS) is 26.8. The second-order valence-corrected chi connectivity index (χ2v) is 5.70. The highest BCUT2D eigenvalue weighted by atomic mass is 16.5. The van der Waals surface area contributed by atoms with E-state index in [4.69, 9.17) is 4.74 Å². The summed E-state index contributed by atoms with van der Waals surface area (Å²) >= 11 is 0. The number of nitrogens with zero attached hydrogens (tertiary/aromatic N) is 2. The van der Waals surface area contributed by atoms with Crippen LogP contribution in [0.1, 0.15) is 19.8 Å². The van der Waals surface area contributed by atoms with Gasteiger partial charge in [-0.1, -0.05) is 6.92 Å². The van der Waals surface area contributed by atoms with E-state index in [0.717, 1.165) is 58.8 Å². The number of carboxylic acid groups (broad SMARTS) is 1. The molecule has 2 aliphatic rings. The van der Waals surface area contributed by atoms with Gasteiger partial charge < -0.3 is 15.2 Å². The first-order valence-electron chi connectivity index (χ1n) is 7.71. The summed E-state index contributed by atoms with van der Waals surface area (Å²) < 4.78 is 5.38. The molecule has 6 heteroatoms. The first kappa shape index (κ1) is 15.7. The van der Waals surface area contributed by atoms with Crippen molar-refractivity contribution in [1.29, 1.82) is 0 Å². The van der Waals surface area contributed by atoms with Crippen molar-refractivity contribution in [3.63, 3.8) is 0 Å². The van der Waals surface area contributed by atoms with Crippen molar-refractivity contribution < 1.29 is 14.6 Å². The molecule has 116 valence electrons. The van der Waals surface area contributed by atoms with Gasteiger partial charge in [-0.3, -0.25) is 14.6 Å². The molecule has 2 saturated heterocycles. The summed E-state index contributed by atoms with van der Waals surface area (Å²) in [7, 11) is 0. The molecule has 2 atom stereocenters. The number of carbonyl (C=O) groups is 1. The fourth-order valence-electron chi connectivity index (χ4n) is 3.03. The molecule has 2 rings (SSSR count). The van der Waals surface area contributed by atoms with E-state index in [1.54, 1.807) is 0 Å². The predicted molar refractivity (Wildman–Crippen MR) is 77.0 cm³/mol. The largest absolute Gasteiger partial charge is 0.480 e. The summed E-state index contributed by atoms with van der Waals surface area (Å²) in [5.74, 6) is -0.742. The van der Waals surface area contributed by atoms with Crippen molar-refractivity contribution in [1.82, 2.24) is 15.1 Å². The Balaban J connectivity index is 1.77. The average molecular weight is 285 g/mol. The number of rotatable bonds is 7. The van der Waals surface area contributed by atoms with Crippen LogP contribution in [0.15, 0.2) is 0 Å². The molecule has 20 heavy (non-hydrogen) atoms. The number of carboxylic acids is 1. The molecule has 2 unspecified atom stereocenters. The van der Waals surface area contributed by atoms with Crippen molar-refractivity contribution in [2.45, 2.75) is 31.8 Å². The second-order valence-electron chi connectivity index (χ2n) is 5.70. The van der Waals surface area contributed by atoms with Crippen molar-refractivity contribution in [2.75, 3.05) is 52.5 Å². The molecule has 0 saturated carbocycles. The lowest BCUT2D eigenvalue weighted by atomic mass is 10.2. The molecule has 0 spiro atoms. The summed E-state index contributed by atoms with van der Waals surface area (Å²) in [5.41, 5.74) is 0. The predicted octanol–water partition coefficient (Wildman–Crippen LogP) is -0.154. The molecule has 2 N–H and O–H groups in total. The van der Waals surface area contributed by atoms with E-state index in [0.29, 0.717) is 12.6 Å². The highest BCUT2D eigenvalue weighted by Crippen LogP contribution is 2.17. The van der Waals surface area contributed by atoms with Crippen LogP contribution in [0.3, 0.4) is 0 Å². The van der Waals surface area contributed by atoms with E-state index >= 15 is 0 Å². The fourth-order valence-corrected chi connectivity index (χ4v) is 3.03. The Morgan fingerprint density at radius 3 is 2.80 bits per heavy atom. The highest BCUT2D eigenvalue weighted by Gasteiger charge is 2.31. The standard InChI is InChI=1S/C14H27N3O3/c1-2-4-15-13(14(18)19)11-16-5-3-12(10-16)17-6-8-20-9-7-17/h12-13,15H,2-11H2,1H3,(H,18,19). The summed E-state index contributed by atoms with van der Waals surface area (Å²) in [5, 5.41) is 12.4. The quantitative estimate of drug-likeness (QED) is 0.678. The van der Waals surface area contributed by atoms with Crippen LogP contribution in [0.2, 0.25) is 0 Å². The molecule has 2 heterocycles. The third kappa shape index (κ3) is 4.41. The third-order valence-electron chi connectivity index (χ3n) is 4.19. The van der Waals surface area contributed by atoms with Crippen molar-refractivity contribution in [2.24, 2.45) is 0 Å². The van der Waals surface area contributed by atoms with Gasteiger partial charge in [0.25, 0.3) is 0 Å². The van der Waals surface area contributed by atoms with Crippen LogP contribution in [-0.2, 0) is 9.53 Å². The Morgan fingerprint density at radius 2 is 2.15 bits per heavy atom. The number of hydrogen-bond donors (Lipinski definition) is 2. The van der Waals surface area contributed by atoms with E-state index < -0.39 is 12.0 Å². The average Bonchev–Trinajstić information content (AvgIpc) is 2.92. The van der Waals surface area contributed by atoms with Crippen LogP contribution < -0.4 is 5.32 Å². The van der Waals surface area contributed by atoms with Crippen LogP contribution >= 0.6 is 0 Å². The molecule has 0 amide bonds. The lowest BCUT2D eigenvalue weighted by Crippen LogP contribution is -2.48. The SMILES string of the molecule is CCCNC(CN1CCC(N2CCOCC2)C1)C(=O)O. The molecule has 2 fully saturated rings. The molecule has 0 aromatic rings. The van der Waals surface area contributed by atoms with Gasteiger partial charge in [0, 0.05) is 32.2 Å². The monoisotopic (exact) mass is 285 g/mol. The van der Waals surface area contributed by atoms with Crippen molar-refractivity contribution in [3.8, 4) is 0 Å². The fraction of sp³-hybridized carbons (Fsp3) is 0.929. The number of nitrogens with one attached hydrogen (secondary N) is 1. The summed E-state index contributed by atoms with van der Waals surface area (Å²) in [6.45, 7) is 9.07. The van der Waals surface area contributed by atoms with Crippen molar-refractivity contribution in [3.05, 3.63) is 0 Å². The van der Waals surface area contributed by atoms with Crippen LogP contribution in [0.5, 0.6) is 0 Å². The number of morpholine rings is 1. The van der Waals surface area contributed by atoms with E-state index in [9.17, 15) is 9.90 Å². The minimum atomic E-state index is -0.742. The van der Waals surface area contributed by atoms with Gasteiger partial charge in [0.05, 0.1) is 13.2 Å². The Kier molecular flexibility index (Phi) is 6.22. The maximum absolute atomic E-state index is 11.3. The van der Waals surface area contributed by atoms with Gasteiger partial charge in [-0.25, -0.2) is 0 Å². The molecule has 0 radical (unpaired) electrons. The number of likely N-dealkylation sites (tertiary alicyclic amines) is 1. The van der Waals surface area contributed by atoms with Crippen LogP contribution in [0.25, 0.3) is 0 Å². The van der Waals surface area contributed by atoms with E-state index in [-0.39, 0.29) is 0 Å². The second kappa shape index (κ2) is 7.93. The number of aliphatic carboxylic acids is 1. The highest BCUT2D eigenvalue weighted by molar-refractivity contribution is 5.73. The Labute approximate surface area is 121 Å². The van der Waals surface area contributed by atoms with Gasteiger partial charge in [0.2, 0.25) is 0 Å². The number of ether oxygens (including phenoxy) is 1. The molecular formula is C14H27N3O3. The Hall–Kier alpha value is -0.690. The maximum atomic E-state index is 11.3. The van der Waals surface area contributed by atoms with E-state index in [1.807, 2.05) is 0 Å². The first-order chi connectivity index (χ1) is 9.70. The summed E-state index contributed by atoms with van der Waals surface area (Å²) in [6.07, 6.45) is 2.10. The number of hydrogen-bond acceptors (Lipinski definition) is 5. The van der Waals surface area contributed by atoms with Gasteiger partial charge >= 0.3 is 5.97 Å². The molecule has 0 bridgehead atoms. The van der Waals surface area contributed by atoms with Gasteiger partial charge in [0.15, 0.2) is 0 Å². The van der Waals surface area contributed by atoms with Crippen LogP contribution in [0.4, 0.5) is 0 Å². The van der Waals surface area contributed by atoms with Gasteiger partial charge in [-0.15, -0.1) is 0 Å². The van der Waals surface area contributed by atoms with E-state index in [1.165, 1.54) is 0 Å². The molecule has 0 aliphatic carbocycles. The first-order valence-corrected chi connectivity index (χ1v) is 7.71. The van der Waals surface area contributed by atoms with Crippen molar-refractivity contribution >= 4 is 5.97 Å². The molecule has 2 aliphatic heterocycles. The molecule has 0 aromatic carbocycles. The third-order valence-corrected chi connectivity index (χ3v) is 4.19. The molecular weight excluding hydrogens is 258 g/mol. The summed E-state index contributed by atoms with van der Waals surface area (Å²) in [6, 6.07) is 0.123. The molecule has 0 aromatic heterocycles. The smallest absolute Gasteiger partial charge is 0.322 e. The van der Waals surface area contributed by atoms with Gasteiger partial charge in [-0.05, 0) is 25.9 Å². The zero-order valence-corrected chi connectivity index (χ0v) is 12.4. The Bertz CT molecular complexity index is 308. The minimum absolute atomic E-state index is 0.446. The maximum Gasteiger partial charge on any atom is 0.322 e. The van der Waals surface area contributed by atoms with Crippen LogP contribution in [-0.4, -0.2) is 85.4 Å². The summed E-state index contributed by atoms with van der Waals surface area (Å²) in [4.78, 5) is 16.0. The van der Waals surface area contributed by atoms with E-state index in [2.05, 4.69) is 22.0 Å². The zero-order valence-electron chi connectivity index (χ0n) is 12.4. The molecule has 6 nitrogen and oxygen atoms in total. The minimum Gasteiger partial charge on any atom is -0.480 e. The van der Waals surface area contributed by atoms with Gasteiger partial charge in [-0.2, -0.15) is 0 Å². The lowest BCUT2D eigenvalue weighted by molar-refractivity contribution is -0.139. The topological polar surface area (TPSA) is 65.0 Å².